The summed E-state index contributed by atoms with van der Waals surface area (Å²) in [6, 6.07) is 29.6. The molecule has 31 heavy (non-hydrogen) atoms. The zero-order valence-electron chi connectivity index (χ0n) is 20.7. The van der Waals surface area contributed by atoms with E-state index in [2.05, 4.69) is 104 Å². The maximum Gasteiger partial charge on any atom is -0.0181 e. The molecule has 0 unspecified atom stereocenters. The Kier molecular flexibility index (Phi) is 17.4. The summed E-state index contributed by atoms with van der Waals surface area (Å²) in [5.41, 5.74) is 6.70. The van der Waals surface area contributed by atoms with Crippen LogP contribution in [-0.2, 0) is 0 Å². The fourth-order valence-electron chi connectivity index (χ4n) is 2.95. The highest BCUT2D eigenvalue weighted by molar-refractivity contribution is 5.68. The third-order valence-electron chi connectivity index (χ3n) is 4.28. The summed E-state index contributed by atoms with van der Waals surface area (Å²) in [7, 11) is 0. The average molecular weight is 415 g/mol. The summed E-state index contributed by atoms with van der Waals surface area (Å²) in [5.74, 6) is 0. The van der Waals surface area contributed by atoms with Crippen LogP contribution >= 0.6 is 0 Å². The van der Waals surface area contributed by atoms with E-state index < -0.39 is 0 Å². The van der Waals surface area contributed by atoms with Gasteiger partial charge in [-0.25, -0.2) is 0 Å². The largest absolute Gasteiger partial charge is 0.0842 e. The second-order valence-electron chi connectivity index (χ2n) is 6.26. The normalized spacial score (nSPS) is 10.9. The topological polar surface area (TPSA) is 0 Å². The Morgan fingerprint density at radius 3 is 1.55 bits per heavy atom. The van der Waals surface area contributed by atoms with E-state index in [0.29, 0.717) is 0 Å². The lowest BCUT2D eigenvalue weighted by Crippen LogP contribution is -1.86. The van der Waals surface area contributed by atoms with Crippen molar-refractivity contribution >= 4 is 5.57 Å². The van der Waals surface area contributed by atoms with Gasteiger partial charge in [0, 0.05) is 0 Å². The van der Waals surface area contributed by atoms with Crippen molar-refractivity contribution in [2.24, 2.45) is 0 Å². The molecule has 0 heteroatoms. The Morgan fingerprint density at radius 2 is 1.06 bits per heavy atom. The van der Waals surface area contributed by atoms with E-state index in [-0.39, 0.29) is 0 Å². The minimum atomic E-state index is 1.18. The molecule has 0 aliphatic heterocycles. The van der Waals surface area contributed by atoms with Crippen molar-refractivity contribution in [3.63, 3.8) is 0 Å². The predicted octanol–water partition coefficient (Wildman–Crippen LogP) is 10.2. The standard InChI is InChI=1S/C13H12.C12H12.3C2H6/c1-11-6-5-9-13(10-11)12-7-3-2-4-8-12;1-3-7-11(8-4-1)12-9-5-2-6-10-12;3*1-2/h2-10H,1H3;1-5,7-9H,6,10H2;3*1-2H3. The van der Waals surface area contributed by atoms with Gasteiger partial charge in [-0.05, 0) is 42.0 Å². The third kappa shape index (κ3) is 11.2. The number of hydrogen-bond acceptors (Lipinski definition) is 0. The highest BCUT2D eigenvalue weighted by atomic mass is 14.1. The first-order valence-corrected chi connectivity index (χ1v) is 11.9. The van der Waals surface area contributed by atoms with Gasteiger partial charge in [0.15, 0.2) is 0 Å². The quantitative estimate of drug-likeness (QED) is 0.391. The van der Waals surface area contributed by atoms with Gasteiger partial charge in [-0.2, -0.15) is 0 Å². The minimum absolute atomic E-state index is 1.18. The molecule has 0 bridgehead atoms. The van der Waals surface area contributed by atoms with Gasteiger partial charge < -0.3 is 0 Å². The van der Waals surface area contributed by atoms with Crippen molar-refractivity contribution < 1.29 is 0 Å². The smallest absolute Gasteiger partial charge is 0.0181 e. The molecular formula is C31H42. The van der Waals surface area contributed by atoms with Gasteiger partial charge in [-0.1, -0.05) is 150 Å². The first kappa shape index (κ1) is 28.1. The van der Waals surface area contributed by atoms with E-state index in [4.69, 9.17) is 0 Å². The molecule has 0 heterocycles. The molecule has 0 aromatic heterocycles. The number of hydrogen-bond donors (Lipinski definition) is 0. The summed E-state index contributed by atoms with van der Waals surface area (Å²) in [6.07, 6.45) is 8.93. The monoisotopic (exact) mass is 414 g/mol. The van der Waals surface area contributed by atoms with Crippen LogP contribution in [0.4, 0.5) is 0 Å². The summed E-state index contributed by atoms with van der Waals surface area (Å²) < 4.78 is 0. The van der Waals surface area contributed by atoms with E-state index in [0.717, 1.165) is 0 Å². The highest BCUT2D eigenvalue weighted by Gasteiger charge is 2.00. The van der Waals surface area contributed by atoms with Crippen molar-refractivity contribution in [2.45, 2.75) is 61.3 Å². The molecule has 0 atom stereocenters. The second-order valence-corrected chi connectivity index (χ2v) is 6.26. The Balaban J connectivity index is 0.000000470. The van der Waals surface area contributed by atoms with E-state index in [1.54, 1.807) is 0 Å². The third-order valence-corrected chi connectivity index (χ3v) is 4.28. The first-order chi connectivity index (χ1) is 15.3. The lowest BCUT2D eigenvalue weighted by molar-refractivity contribution is 1.05. The number of allylic oxidation sites excluding steroid dienone is 4. The highest BCUT2D eigenvalue weighted by Crippen LogP contribution is 2.22. The second kappa shape index (κ2) is 19.1. The molecule has 166 valence electrons. The van der Waals surface area contributed by atoms with Gasteiger partial charge in [0.1, 0.15) is 0 Å². The average Bonchev–Trinajstić information content (AvgIpc) is 2.90. The molecule has 0 amide bonds. The van der Waals surface area contributed by atoms with Gasteiger partial charge in [0.25, 0.3) is 0 Å². The number of aryl methyl sites for hydroxylation is 1. The van der Waals surface area contributed by atoms with E-state index in [1.165, 1.54) is 40.7 Å². The zero-order chi connectivity index (χ0) is 23.3. The Bertz CT molecular complexity index is 839. The fraction of sp³-hybridized carbons (Fsp3) is 0.290. The molecule has 0 spiro atoms. The van der Waals surface area contributed by atoms with Crippen LogP contribution in [0.1, 0.15) is 65.5 Å². The SMILES string of the molecule is C1=CCCC(c2ccccc2)=C1.CC.CC.CC.Cc1cccc(-c2ccccc2)c1. The molecule has 4 rings (SSSR count). The minimum Gasteiger partial charge on any atom is -0.0842 e. The van der Waals surface area contributed by atoms with Gasteiger partial charge in [-0.3, -0.25) is 0 Å². The molecule has 0 nitrogen and oxygen atoms in total. The van der Waals surface area contributed by atoms with Crippen LogP contribution in [0.5, 0.6) is 0 Å². The van der Waals surface area contributed by atoms with Gasteiger partial charge in [-0.15, -0.1) is 0 Å². The number of benzene rings is 3. The molecular weight excluding hydrogens is 372 g/mol. The maximum absolute atomic E-state index is 2.21. The molecule has 0 saturated heterocycles. The molecule has 0 saturated carbocycles. The van der Waals surface area contributed by atoms with E-state index in [1.807, 2.05) is 47.6 Å². The van der Waals surface area contributed by atoms with Crippen LogP contribution in [0, 0.1) is 6.92 Å². The summed E-state index contributed by atoms with van der Waals surface area (Å²) in [6.45, 7) is 14.1. The van der Waals surface area contributed by atoms with Crippen molar-refractivity contribution in [1.82, 2.24) is 0 Å². The van der Waals surface area contributed by atoms with Crippen LogP contribution in [0.2, 0.25) is 0 Å². The van der Waals surface area contributed by atoms with E-state index >= 15 is 0 Å². The van der Waals surface area contributed by atoms with Crippen LogP contribution < -0.4 is 0 Å². The maximum atomic E-state index is 2.21. The Labute approximate surface area is 192 Å². The van der Waals surface area contributed by atoms with Crippen molar-refractivity contribution in [3.8, 4) is 11.1 Å². The predicted molar refractivity (Wildman–Crippen MR) is 143 cm³/mol. The lowest BCUT2D eigenvalue weighted by atomic mass is 9.98. The molecule has 0 N–H and O–H groups in total. The van der Waals surface area contributed by atoms with Gasteiger partial charge >= 0.3 is 0 Å². The molecule has 0 radical (unpaired) electrons. The molecule has 1 aliphatic rings. The van der Waals surface area contributed by atoms with E-state index in [9.17, 15) is 0 Å². The fourth-order valence-corrected chi connectivity index (χ4v) is 2.95. The summed E-state index contributed by atoms with van der Waals surface area (Å²) in [4.78, 5) is 0. The number of rotatable bonds is 2. The lowest BCUT2D eigenvalue weighted by Gasteiger charge is -2.08. The summed E-state index contributed by atoms with van der Waals surface area (Å²) in [5, 5.41) is 0. The molecule has 1 aliphatic carbocycles. The van der Waals surface area contributed by atoms with Gasteiger partial charge in [0.05, 0.1) is 0 Å². The molecule has 0 fully saturated rings. The first-order valence-electron chi connectivity index (χ1n) is 11.9. The Morgan fingerprint density at radius 1 is 0.548 bits per heavy atom. The molecule has 3 aromatic rings. The van der Waals surface area contributed by atoms with Crippen molar-refractivity contribution in [2.75, 3.05) is 0 Å². The van der Waals surface area contributed by atoms with Crippen LogP contribution in [0.25, 0.3) is 16.7 Å². The van der Waals surface area contributed by atoms with Crippen LogP contribution in [-0.4, -0.2) is 0 Å². The molecule has 3 aromatic carbocycles. The Hall–Kier alpha value is -2.86. The van der Waals surface area contributed by atoms with Crippen LogP contribution in [0.15, 0.2) is 103 Å². The van der Waals surface area contributed by atoms with Crippen molar-refractivity contribution in [3.05, 3.63) is 114 Å². The zero-order valence-corrected chi connectivity index (χ0v) is 20.7. The van der Waals surface area contributed by atoms with Crippen LogP contribution in [0.3, 0.4) is 0 Å². The summed E-state index contributed by atoms with van der Waals surface area (Å²) >= 11 is 0. The van der Waals surface area contributed by atoms with Crippen molar-refractivity contribution in [1.29, 1.82) is 0 Å². The van der Waals surface area contributed by atoms with Gasteiger partial charge in [0.2, 0.25) is 0 Å².